The molecule has 0 unspecified atom stereocenters. The van der Waals surface area contributed by atoms with Gasteiger partial charge >= 0.3 is 0 Å². The lowest BCUT2D eigenvalue weighted by atomic mass is 9.98. The van der Waals surface area contributed by atoms with Gasteiger partial charge in [0.1, 0.15) is 5.82 Å². The second kappa shape index (κ2) is 6.39. The summed E-state index contributed by atoms with van der Waals surface area (Å²) in [7, 11) is 1.85. The highest BCUT2D eigenvalue weighted by atomic mass is 19.1. The van der Waals surface area contributed by atoms with Crippen molar-refractivity contribution in [2.24, 2.45) is 0 Å². The number of likely N-dealkylation sites (N-methyl/N-ethyl adjacent to an activating group) is 1. The van der Waals surface area contributed by atoms with E-state index in [1.165, 1.54) is 5.56 Å². The number of anilines is 2. The second-order valence-electron chi connectivity index (χ2n) is 5.91. The number of nitriles is 1. The van der Waals surface area contributed by atoms with Crippen molar-refractivity contribution in [1.29, 1.82) is 5.26 Å². The second-order valence-corrected chi connectivity index (χ2v) is 5.91. The minimum Gasteiger partial charge on any atom is -0.342 e. The maximum absolute atomic E-state index is 14.5. The fourth-order valence-electron chi connectivity index (χ4n) is 3.05. The van der Waals surface area contributed by atoms with Crippen molar-refractivity contribution in [2.75, 3.05) is 25.0 Å². The van der Waals surface area contributed by atoms with Crippen LogP contribution in [0.4, 0.5) is 15.8 Å². The van der Waals surface area contributed by atoms with Gasteiger partial charge < -0.3 is 4.90 Å². The average Bonchev–Trinajstić information content (AvgIpc) is 2.60. The van der Waals surface area contributed by atoms with Crippen LogP contribution < -0.4 is 4.90 Å². The molecule has 0 amide bonds. The van der Waals surface area contributed by atoms with Gasteiger partial charge in [-0.1, -0.05) is 6.92 Å². The van der Waals surface area contributed by atoms with Crippen LogP contribution in [0.15, 0.2) is 36.4 Å². The number of hydrogen-bond donors (Lipinski definition) is 0. The maximum Gasteiger partial charge on any atom is 0.147 e. The van der Waals surface area contributed by atoms with Gasteiger partial charge in [0.15, 0.2) is 0 Å². The molecule has 2 aromatic carbocycles. The minimum absolute atomic E-state index is 0.194. The zero-order chi connectivity index (χ0) is 16.4. The molecule has 1 aliphatic rings. The molecule has 0 fully saturated rings. The Morgan fingerprint density at radius 2 is 1.96 bits per heavy atom. The molecule has 0 saturated heterocycles. The molecule has 3 nitrogen and oxygen atoms in total. The molecule has 23 heavy (non-hydrogen) atoms. The Hall–Kier alpha value is -2.38. The Bertz CT molecular complexity index is 746. The van der Waals surface area contributed by atoms with E-state index in [2.05, 4.69) is 17.9 Å². The first-order valence-electron chi connectivity index (χ1n) is 7.90. The van der Waals surface area contributed by atoms with Crippen molar-refractivity contribution in [1.82, 2.24) is 4.90 Å². The van der Waals surface area contributed by atoms with E-state index in [4.69, 9.17) is 5.26 Å². The summed E-state index contributed by atoms with van der Waals surface area (Å²) in [6, 6.07) is 12.9. The highest BCUT2D eigenvalue weighted by Gasteiger charge is 2.19. The number of fused-ring (bicyclic) bond motifs is 1. The summed E-state index contributed by atoms with van der Waals surface area (Å²) >= 11 is 0. The van der Waals surface area contributed by atoms with Crippen molar-refractivity contribution in [3.8, 4) is 6.07 Å². The van der Waals surface area contributed by atoms with E-state index in [1.807, 2.05) is 30.1 Å². The number of nitrogens with zero attached hydrogens (tertiary/aromatic N) is 3. The Labute approximate surface area is 136 Å². The first-order chi connectivity index (χ1) is 11.1. The van der Waals surface area contributed by atoms with Crippen molar-refractivity contribution in [3.05, 3.63) is 58.9 Å². The zero-order valence-corrected chi connectivity index (χ0v) is 13.5. The van der Waals surface area contributed by atoms with E-state index in [0.29, 0.717) is 11.3 Å². The molecule has 0 aromatic heterocycles. The predicted octanol–water partition coefficient (Wildman–Crippen LogP) is 3.84. The Morgan fingerprint density at radius 1 is 1.22 bits per heavy atom. The smallest absolute Gasteiger partial charge is 0.147 e. The molecule has 4 heteroatoms. The first kappa shape index (κ1) is 15.5. The van der Waals surface area contributed by atoms with Gasteiger partial charge in [0, 0.05) is 25.8 Å². The summed E-state index contributed by atoms with van der Waals surface area (Å²) in [6.07, 6.45) is 0.904. The third-order valence-electron chi connectivity index (χ3n) is 4.55. The van der Waals surface area contributed by atoms with Gasteiger partial charge in [-0.15, -0.1) is 0 Å². The van der Waals surface area contributed by atoms with Crippen LogP contribution in [-0.4, -0.2) is 25.0 Å². The molecule has 0 bridgehead atoms. The quantitative estimate of drug-likeness (QED) is 0.863. The Kier molecular flexibility index (Phi) is 4.31. The molecule has 1 aliphatic heterocycles. The van der Waals surface area contributed by atoms with Gasteiger partial charge in [-0.2, -0.15) is 5.26 Å². The van der Waals surface area contributed by atoms with Crippen molar-refractivity contribution in [3.63, 3.8) is 0 Å². The van der Waals surface area contributed by atoms with Crippen LogP contribution in [0.3, 0.4) is 0 Å². The van der Waals surface area contributed by atoms with E-state index < -0.39 is 0 Å². The van der Waals surface area contributed by atoms with Gasteiger partial charge in [-0.3, -0.25) is 4.90 Å². The monoisotopic (exact) mass is 309 g/mol. The summed E-state index contributed by atoms with van der Waals surface area (Å²) in [6.45, 7) is 5.03. The van der Waals surface area contributed by atoms with Crippen molar-refractivity contribution >= 4 is 11.4 Å². The molecule has 118 valence electrons. The summed E-state index contributed by atoms with van der Waals surface area (Å²) in [4.78, 5) is 4.20. The number of halogens is 1. The highest BCUT2D eigenvalue weighted by Crippen LogP contribution is 2.31. The molecule has 2 aromatic rings. The topological polar surface area (TPSA) is 30.3 Å². The number of rotatable bonds is 3. The fourth-order valence-corrected chi connectivity index (χ4v) is 3.05. The lowest BCUT2D eigenvalue weighted by molar-refractivity contribution is 0.268. The summed E-state index contributed by atoms with van der Waals surface area (Å²) < 4.78 is 14.5. The molecular formula is C19H20FN3. The first-order valence-corrected chi connectivity index (χ1v) is 7.90. The van der Waals surface area contributed by atoms with Crippen LogP contribution in [0.1, 0.15) is 23.6 Å². The van der Waals surface area contributed by atoms with Crippen LogP contribution >= 0.6 is 0 Å². The van der Waals surface area contributed by atoms with E-state index in [0.717, 1.165) is 37.3 Å². The Morgan fingerprint density at radius 3 is 2.61 bits per heavy atom. The van der Waals surface area contributed by atoms with E-state index in [-0.39, 0.29) is 5.82 Å². The molecule has 0 atom stereocenters. The van der Waals surface area contributed by atoms with Gasteiger partial charge in [0.05, 0.1) is 17.3 Å². The fraction of sp³-hybridized carbons (Fsp3) is 0.316. The third-order valence-corrected chi connectivity index (χ3v) is 4.55. The molecule has 0 N–H and O–H groups in total. The highest BCUT2D eigenvalue weighted by molar-refractivity contribution is 5.65. The van der Waals surface area contributed by atoms with Gasteiger partial charge in [-0.25, -0.2) is 4.39 Å². The summed E-state index contributed by atoms with van der Waals surface area (Å²) in [5.41, 5.74) is 4.36. The van der Waals surface area contributed by atoms with Gasteiger partial charge in [0.2, 0.25) is 0 Å². The lowest BCUT2D eigenvalue weighted by Crippen LogP contribution is -2.30. The largest absolute Gasteiger partial charge is 0.342 e. The standard InChI is InChI=1S/C19H20FN3/c1-3-23-9-8-15-10-18(20)19(11-16(15)13-23)22(2)17-6-4-14(12-21)5-7-17/h4-7,10-11H,3,8-9,13H2,1-2H3. The molecule has 3 rings (SSSR count). The average molecular weight is 309 g/mol. The maximum atomic E-state index is 14.5. The zero-order valence-electron chi connectivity index (χ0n) is 13.5. The van der Waals surface area contributed by atoms with E-state index in [1.54, 1.807) is 18.2 Å². The SMILES string of the molecule is CCN1CCc2cc(F)c(N(C)c3ccc(C#N)cc3)cc2C1. The number of hydrogen-bond acceptors (Lipinski definition) is 3. The van der Waals surface area contributed by atoms with Gasteiger partial charge in [-0.05, 0) is 60.5 Å². The molecule has 0 radical (unpaired) electrons. The van der Waals surface area contributed by atoms with E-state index >= 15 is 0 Å². The normalized spacial score (nSPS) is 14.2. The van der Waals surface area contributed by atoms with E-state index in [9.17, 15) is 4.39 Å². The Balaban J connectivity index is 1.94. The van der Waals surface area contributed by atoms with Crippen molar-refractivity contribution in [2.45, 2.75) is 19.9 Å². The molecule has 1 heterocycles. The van der Waals surface area contributed by atoms with Crippen LogP contribution in [0.5, 0.6) is 0 Å². The van der Waals surface area contributed by atoms with Gasteiger partial charge in [0.25, 0.3) is 0 Å². The number of benzene rings is 2. The summed E-state index contributed by atoms with van der Waals surface area (Å²) in [5.74, 6) is -0.194. The molecular weight excluding hydrogens is 289 g/mol. The van der Waals surface area contributed by atoms with Crippen LogP contribution in [0, 0.1) is 17.1 Å². The predicted molar refractivity (Wildman–Crippen MR) is 90.3 cm³/mol. The van der Waals surface area contributed by atoms with Crippen molar-refractivity contribution < 1.29 is 4.39 Å². The lowest BCUT2D eigenvalue weighted by Gasteiger charge is -2.29. The van der Waals surface area contributed by atoms with Crippen LogP contribution in [-0.2, 0) is 13.0 Å². The van der Waals surface area contributed by atoms with Crippen LogP contribution in [0.2, 0.25) is 0 Å². The molecule has 0 spiro atoms. The molecule has 0 aliphatic carbocycles. The molecule has 0 saturated carbocycles. The van der Waals surface area contributed by atoms with Crippen LogP contribution in [0.25, 0.3) is 0 Å². The minimum atomic E-state index is -0.194. The third kappa shape index (κ3) is 3.06. The summed E-state index contributed by atoms with van der Waals surface area (Å²) in [5, 5.41) is 8.88.